The molecule has 0 atom stereocenters. The zero-order chi connectivity index (χ0) is 26.8. The van der Waals surface area contributed by atoms with Gasteiger partial charge < -0.3 is 14.7 Å². The van der Waals surface area contributed by atoms with Crippen LogP contribution < -0.4 is 0 Å². The molecule has 4 aromatic rings. The van der Waals surface area contributed by atoms with Gasteiger partial charge in [-0.05, 0) is 37.1 Å². The molecule has 0 aliphatic heterocycles. The first-order valence-corrected chi connectivity index (χ1v) is 12.5. The number of aromatic hydroxyl groups is 2. The zero-order valence-corrected chi connectivity index (χ0v) is 21.3. The van der Waals surface area contributed by atoms with Crippen molar-refractivity contribution >= 4 is 11.7 Å². The molecule has 1 fully saturated rings. The van der Waals surface area contributed by atoms with E-state index in [2.05, 4.69) is 5.16 Å². The third-order valence-corrected chi connectivity index (χ3v) is 7.19. The summed E-state index contributed by atoms with van der Waals surface area (Å²) in [5, 5.41) is 27.2. The van der Waals surface area contributed by atoms with Crippen LogP contribution in [0.25, 0.3) is 16.9 Å². The van der Waals surface area contributed by atoms with Crippen molar-refractivity contribution < 1.29 is 29.2 Å². The third-order valence-electron chi connectivity index (χ3n) is 7.19. The maximum atomic E-state index is 13.8. The highest BCUT2D eigenvalue weighted by Crippen LogP contribution is 2.46. The van der Waals surface area contributed by atoms with Crippen molar-refractivity contribution in [2.45, 2.75) is 38.0 Å². The molecule has 196 valence electrons. The first kappa shape index (κ1) is 25.3. The number of rotatable bonds is 7. The molecule has 0 saturated heterocycles. The first-order valence-electron chi connectivity index (χ1n) is 12.5. The van der Waals surface area contributed by atoms with Crippen molar-refractivity contribution in [3.8, 4) is 28.6 Å². The van der Waals surface area contributed by atoms with Gasteiger partial charge in [0, 0.05) is 47.1 Å². The van der Waals surface area contributed by atoms with Crippen molar-refractivity contribution in [2.24, 2.45) is 0 Å². The highest BCUT2D eigenvalue weighted by atomic mass is 16.7. The molecule has 9 nitrogen and oxygen atoms in total. The number of carbonyl (C=O) groups excluding carboxylic acids is 2. The van der Waals surface area contributed by atoms with Gasteiger partial charge in [-0.1, -0.05) is 48.7 Å². The van der Waals surface area contributed by atoms with Gasteiger partial charge in [0.05, 0.1) is 12.7 Å². The predicted molar refractivity (Wildman–Crippen MR) is 139 cm³/mol. The fourth-order valence-electron chi connectivity index (χ4n) is 5.13. The van der Waals surface area contributed by atoms with Gasteiger partial charge in [-0.2, -0.15) is 0 Å². The number of amides is 1. The minimum absolute atomic E-state index is 0.0130. The van der Waals surface area contributed by atoms with E-state index >= 15 is 0 Å². The van der Waals surface area contributed by atoms with Gasteiger partial charge in [-0.25, -0.2) is 5.06 Å². The molecule has 38 heavy (non-hydrogen) atoms. The van der Waals surface area contributed by atoms with E-state index in [4.69, 9.17) is 9.36 Å². The summed E-state index contributed by atoms with van der Waals surface area (Å²) in [5.74, 6) is -1.61. The first-order chi connectivity index (χ1) is 18.4. The quantitative estimate of drug-likeness (QED) is 0.248. The Hall–Kier alpha value is -4.37. The maximum absolute atomic E-state index is 13.8. The normalized spacial score (nSPS) is 13.9. The summed E-state index contributed by atoms with van der Waals surface area (Å²) in [6.07, 6.45) is 6.29. The second kappa shape index (κ2) is 10.5. The summed E-state index contributed by atoms with van der Waals surface area (Å²) < 4.78 is 6.51. The van der Waals surface area contributed by atoms with Gasteiger partial charge in [-0.3, -0.25) is 19.0 Å². The average molecular weight is 516 g/mol. The molecular weight excluding hydrogens is 486 g/mol. The van der Waals surface area contributed by atoms with Gasteiger partial charge in [0.1, 0.15) is 12.0 Å². The Kier molecular flexibility index (Phi) is 7.02. The van der Waals surface area contributed by atoms with Gasteiger partial charge in [0.15, 0.2) is 11.5 Å². The maximum Gasteiger partial charge on any atom is 0.277 e. The molecule has 2 heterocycles. The number of ketones is 1. The Morgan fingerprint density at radius 3 is 2.24 bits per heavy atom. The molecule has 0 spiro atoms. The Balaban J connectivity index is 1.57. The van der Waals surface area contributed by atoms with Crippen molar-refractivity contribution in [1.82, 2.24) is 14.8 Å². The number of hydrogen-bond acceptors (Lipinski definition) is 7. The van der Waals surface area contributed by atoms with Gasteiger partial charge in [-0.15, -0.1) is 0 Å². The third kappa shape index (κ3) is 4.56. The Morgan fingerprint density at radius 1 is 0.974 bits per heavy atom. The second-order valence-electron chi connectivity index (χ2n) is 9.43. The summed E-state index contributed by atoms with van der Waals surface area (Å²) in [5.41, 5.74) is 3.47. The van der Waals surface area contributed by atoms with Crippen molar-refractivity contribution in [2.75, 3.05) is 14.2 Å². The molecule has 9 heteroatoms. The smallest absolute Gasteiger partial charge is 0.277 e. The molecule has 5 rings (SSSR count). The van der Waals surface area contributed by atoms with Crippen LogP contribution >= 0.6 is 0 Å². The van der Waals surface area contributed by atoms with Crippen molar-refractivity contribution in [1.29, 1.82) is 0 Å². The largest absolute Gasteiger partial charge is 0.503 e. The zero-order valence-electron chi connectivity index (χ0n) is 21.3. The van der Waals surface area contributed by atoms with Gasteiger partial charge >= 0.3 is 0 Å². The fourth-order valence-corrected chi connectivity index (χ4v) is 5.13. The lowest BCUT2D eigenvalue weighted by atomic mass is 9.84. The van der Waals surface area contributed by atoms with E-state index in [1.54, 1.807) is 34.9 Å². The van der Waals surface area contributed by atoms with Crippen LogP contribution in [0.3, 0.4) is 0 Å². The number of carbonyl (C=O) groups is 2. The van der Waals surface area contributed by atoms with E-state index in [-0.39, 0.29) is 23.3 Å². The number of nitrogens with zero attached hydrogens (tertiary/aromatic N) is 3. The van der Waals surface area contributed by atoms with Crippen LogP contribution in [-0.2, 0) is 4.84 Å². The Bertz CT molecular complexity index is 1430. The standard InChI is InChI=1S/C29H29N3O6/c1-31(37-2)28(35)21-10-8-20(9-11-21)26(33)24-25(19-6-4-3-5-7-19)32(29(36)27(24)34)22-14-12-18(13-15-22)23-16-17-38-30-23/h8-17,19,34,36H,3-7H2,1-2H3. The topological polar surface area (TPSA) is 118 Å². The molecule has 0 radical (unpaired) electrons. The van der Waals surface area contributed by atoms with Crippen LogP contribution in [0.4, 0.5) is 0 Å². The van der Waals surface area contributed by atoms with Crippen LogP contribution in [-0.4, -0.2) is 50.8 Å². The molecule has 1 aliphatic carbocycles. The van der Waals surface area contributed by atoms with E-state index < -0.39 is 11.5 Å². The van der Waals surface area contributed by atoms with Crippen LogP contribution in [0.2, 0.25) is 0 Å². The lowest BCUT2D eigenvalue weighted by Crippen LogP contribution is -2.25. The van der Waals surface area contributed by atoms with Gasteiger partial charge in [0.2, 0.25) is 5.88 Å². The van der Waals surface area contributed by atoms with Crippen LogP contribution in [0.1, 0.15) is 70.0 Å². The summed E-state index contributed by atoms with van der Waals surface area (Å²) in [4.78, 5) is 31.1. The molecule has 0 bridgehead atoms. The van der Waals surface area contributed by atoms with E-state index in [1.165, 1.54) is 20.4 Å². The molecule has 1 saturated carbocycles. The van der Waals surface area contributed by atoms with E-state index in [0.29, 0.717) is 28.2 Å². The summed E-state index contributed by atoms with van der Waals surface area (Å²) >= 11 is 0. The fraction of sp³-hybridized carbons (Fsp3) is 0.276. The van der Waals surface area contributed by atoms with Crippen LogP contribution in [0.15, 0.2) is 65.4 Å². The number of hydrogen-bond donors (Lipinski definition) is 2. The summed E-state index contributed by atoms with van der Waals surface area (Å²) in [6, 6.07) is 15.3. The van der Waals surface area contributed by atoms with Crippen molar-refractivity contribution in [3.63, 3.8) is 0 Å². The Morgan fingerprint density at radius 2 is 1.63 bits per heavy atom. The monoisotopic (exact) mass is 515 g/mol. The molecule has 0 unspecified atom stereocenters. The lowest BCUT2D eigenvalue weighted by molar-refractivity contribution is -0.0757. The number of aromatic nitrogens is 2. The summed E-state index contributed by atoms with van der Waals surface area (Å²) in [6.45, 7) is 0. The molecule has 2 aromatic heterocycles. The number of hydroxylamine groups is 2. The second-order valence-corrected chi connectivity index (χ2v) is 9.43. The Labute approximate surface area is 219 Å². The van der Waals surface area contributed by atoms with E-state index in [0.717, 1.165) is 42.7 Å². The highest BCUT2D eigenvalue weighted by Gasteiger charge is 2.33. The SMILES string of the molecule is CON(C)C(=O)c1ccc(C(=O)c2c(O)c(O)n(-c3ccc(-c4ccon4)cc3)c2C2CCCCC2)cc1. The number of benzene rings is 2. The van der Waals surface area contributed by atoms with E-state index in [1.807, 2.05) is 24.3 Å². The molecular formula is C29H29N3O6. The van der Waals surface area contributed by atoms with E-state index in [9.17, 15) is 19.8 Å². The minimum Gasteiger partial charge on any atom is -0.503 e. The molecule has 2 N–H and O–H groups in total. The van der Waals surface area contributed by atoms with Crippen LogP contribution in [0.5, 0.6) is 11.6 Å². The minimum atomic E-state index is -0.449. The molecule has 1 amide bonds. The molecule has 1 aliphatic rings. The van der Waals surface area contributed by atoms with Gasteiger partial charge in [0.25, 0.3) is 5.91 Å². The molecule has 2 aromatic carbocycles. The highest BCUT2D eigenvalue weighted by molar-refractivity contribution is 6.12. The summed E-state index contributed by atoms with van der Waals surface area (Å²) in [7, 11) is 2.89. The predicted octanol–water partition coefficient (Wildman–Crippen LogP) is 5.46. The van der Waals surface area contributed by atoms with Crippen molar-refractivity contribution in [3.05, 3.63) is 83.2 Å². The average Bonchev–Trinajstić information content (AvgIpc) is 3.59. The lowest BCUT2D eigenvalue weighted by Gasteiger charge is -2.25. The van der Waals surface area contributed by atoms with Crippen LogP contribution in [0, 0.1) is 0 Å².